The Hall–Kier alpha value is -2.56. The Bertz CT molecular complexity index is 1150. The van der Waals surface area contributed by atoms with Gasteiger partial charge in [0.15, 0.2) is 0 Å². The fourth-order valence-corrected chi connectivity index (χ4v) is 10.9. The summed E-state index contributed by atoms with van der Waals surface area (Å²) in [5.74, 6) is 0.587. The lowest BCUT2D eigenvalue weighted by atomic mass is 9.88. The van der Waals surface area contributed by atoms with Gasteiger partial charge in [-0.1, -0.05) is 133 Å². The third-order valence-electron chi connectivity index (χ3n) is 7.33. The lowest BCUT2D eigenvalue weighted by Gasteiger charge is -2.43. The fourth-order valence-electron chi connectivity index (χ4n) is 5.42. The van der Waals surface area contributed by atoms with Crippen LogP contribution < -0.4 is 21.2 Å². The molecule has 5 rings (SSSR count). The van der Waals surface area contributed by atoms with Crippen molar-refractivity contribution in [1.29, 1.82) is 0 Å². The monoisotopic (exact) mass is 507 g/mol. The number of hydrogen-bond acceptors (Lipinski definition) is 1. The molecule has 4 aromatic carbocycles. The normalized spacial score (nSPS) is 18.6. The molecule has 0 saturated carbocycles. The van der Waals surface area contributed by atoms with Gasteiger partial charge in [0.2, 0.25) is 0 Å². The number of nitrogens with zero attached hydrogens (tertiary/aromatic N) is 1. The van der Waals surface area contributed by atoms with Gasteiger partial charge in [-0.25, -0.2) is 0 Å². The first-order valence-electron chi connectivity index (χ1n) is 12.9. The van der Waals surface area contributed by atoms with E-state index in [0.717, 1.165) is 0 Å². The van der Waals surface area contributed by atoms with Crippen LogP contribution in [0.3, 0.4) is 0 Å². The van der Waals surface area contributed by atoms with Crippen molar-refractivity contribution in [2.75, 3.05) is 7.05 Å². The van der Waals surface area contributed by atoms with Crippen molar-refractivity contribution in [3.63, 3.8) is 0 Å². The van der Waals surface area contributed by atoms with E-state index in [1.54, 1.807) is 0 Å². The Labute approximate surface area is 219 Å². The average molecular weight is 508 g/mol. The first kappa shape index (κ1) is 25.1. The van der Waals surface area contributed by atoms with Gasteiger partial charge in [-0.3, -0.25) is 4.67 Å². The zero-order valence-corrected chi connectivity index (χ0v) is 23.0. The standard InChI is InChI=1S/C33H35NP2/c1-27(34(2)36(30-21-11-5-12-22-30)31-23-13-6-14-24-31)32-25-15-16-26-33(32)35(28-17-7-3-8-18-28)29-19-9-4-10-20-29/h3-14,16-24,26-27,32-33H,15,25H2,1-2H3/t27-,32?,33+/m1/s1. The Morgan fingerprint density at radius 3 is 1.50 bits per heavy atom. The van der Waals surface area contributed by atoms with E-state index in [0.29, 0.717) is 17.6 Å². The number of benzene rings is 4. The molecule has 0 bridgehead atoms. The molecule has 1 aliphatic carbocycles. The number of allylic oxidation sites excluding steroid dienone is 2. The van der Waals surface area contributed by atoms with Crippen LogP contribution >= 0.6 is 16.0 Å². The molecule has 0 fully saturated rings. The van der Waals surface area contributed by atoms with E-state index in [-0.39, 0.29) is 0 Å². The molecule has 0 N–H and O–H groups in total. The minimum absolute atomic E-state index is 0.448. The van der Waals surface area contributed by atoms with Crippen molar-refractivity contribution in [3.05, 3.63) is 133 Å². The molecule has 182 valence electrons. The zero-order chi connectivity index (χ0) is 24.7. The lowest BCUT2D eigenvalue weighted by Crippen LogP contribution is -2.43. The molecule has 0 heterocycles. The zero-order valence-electron chi connectivity index (χ0n) is 21.2. The van der Waals surface area contributed by atoms with Crippen molar-refractivity contribution in [3.8, 4) is 0 Å². The van der Waals surface area contributed by atoms with Crippen LogP contribution in [-0.2, 0) is 0 Å². The molecular weight excluding hydrogens is 472 g/mol. The second-order valence-electron chi connectivity index (χ2n) is 9.50. The topological polar surface area (TPSA) is 3.24 Å². The maximum absolute atomic E-state index is 2.69. The van der Waals surface area contributed by atoms with E-state index in [9.17, 15) is 0 Å². The Kier molecular flexibility index (Phi) is 8.45. The minimum atomic E-state index is -0.607. The van der Waals surface area contributed by atoms with Gasteiger partial charge >= 0.3 is 0 Å². The molecule has 0 spiro atoms. The molecule has 1 unspecified atom stereocenters. The van der Waals surface area contributed by atoms with Gasteiger partial charge in [0.25, 0.3) is 0 Å². The summed E-state index contributed by atoms with van der Waals surface area (Å²) < 4.78 is 2.69. The van der Waals surface area contributed by atoms with Crippen LogP contribution in [0.4, 0.5) is 0 Å². The molecule has 1 nitrogen and oxygen atoms in total. The van der Waals surface area contributed by atoms with Crippen molar-refractivity contribution in [1.82, 2.24) is 4.67 Å². The first-order valence-corrected chi connectivity index (χ1v) is 15.6. The molecule has 0 aromatic heterocycles. The SMILES string of the molecule is C[C@H](C1CCC=C[C@@H]1P(c1ccccc1)c1ccccc1)N(C)P(c1ccccc1)c1ccccc1. The van der Waals surface area contributed by atoms with Gasteiger partial charge in [-0.05, 0) is 61.9 Å². The van der Waals surface area contributed by atoms with Gasteiger partial charge in [0, 0.05) is 19.8 Å². The Morgan fingerprint density at radius 2 is 1.06 bits per heavy atom. The van der Waals surface area contributed by atoms with Crippen LogP contribution in [0.5, 0.6) is 0 Å². The molecular formula is C33H35NP2. The van der Waals surface area contributed by atoms with Gasteiger partial charge in [0.1, 0.15) is 0 Å². The molecule has 3 heteroatoms. The van der Waals surface area contributed by atoms with Crippen molar-refractivity contribution in [2.45, 2.75) is 31.5 Å². The highest BCUT2D eigenvalue weighted by atomic mass is 31.1. The summed E-state index contributed by atoms with van der Waals surface area (Å²) in [6.07, 6.45) is 7.39. The Morgan fingerprint density at radius 1 is 0.639 bits per heavy atom. The molecule has 0 saturated heterocycles. The molecule has 0 aliphatic heterocycles. The number of hydrogen-bond donors (Lipinski definition) is 0. The van der Waals surface area contributed by atoms with Crippen LogP contribution in [0.15, 0.2) is 133 Å². The summed E-state index contributed by atoms with van der Waals surface area (Å²) in [4.78, 5) is 0. The highest BCUT2D eigenvalue weighted by molar-refractivity contribution is 7.73. The molecule has 0 amide bonds. The quantitative estimate of drug-likeness (QED) is 0.187. The van der Waals surface area contributed by atoms with Crippen LogP contribution in [0, 0.1) is 5.92 Å². The van der Waals surface area contributed by atoms with E-state index in [1.165, 1.54) is 34.1 Å². The highest BCUT2D eigenvalue weighted by Crippen LogP contribution is 2.50. The van der Waals surface area contributed by atoms with E-state index >= 15 is 0 Å². The van der Waals surface area contributed by atoms with Crippen molar-refractivity contribution >= 4 is 37.2 Å². The second-order valence-corrected chi connectivity index (χ2v) is 14.2. The predicted molar refractivity (Wildman–Crippen MR) is 161 cm³/mol. The van der Waals surface area contributed by atoms with Gasteiger partial charge in [0.05, 0.1) is 0 Å². The largest absolute Gasteiger partial charge is 0.275 e. The third kappa shape index (κ3) is 5.55. The van der Waals surface area contributed by atoms with Crippen molar-refractivity contribution < 1.29 is 0 Å². The summed E-state index contributed by atoms with van der Waals surface area (Å²) in [6, 6.07) is 45.1. The molecule has 1 aliphatic rings. The first-order chi connectivity index (χ1) is 17.7. The Balaban J connectivity index is 1.52. The van der Waals surface area contributed by atoms with E-state index in [2.05, 4.69) is 152 Å². The smallest absolute Gasteiger partial charge is 0.0281 e. The summed E-state index contributed by atoms with van der Waals surface area (Å²) in [6.45, 7) is 2.47. The summed E-state index contributed by atoms with van der Waals surface area (Å²) in [7, 11) is 1.25. The van der Waals surface area contributed by atoms with Gasteiger partial charge in [-0.15, -0.1) is 0 Å². The van der Waals surface area contributed by atoms with Crippen LogP contribution in [0.25, 0.3) is 0 Å². The van der Waals surface area contributed by atoms with Crippen molar-refractivity contribution in [2.24, 2.45) is 5.92 Å². The predicted octanol–water partition coefficient (Wildman–Crippen LogP) is 6.82. The van der Waals surface area contributed by atoms with Gasteiger partial charge in [-0.2, -0.15) is 0 Å². The number of rotatable bonds is 8. The second kappa shape index (κ2) is 12.1. The lowest BCUT2D eigenvalue weighted by molar-refractivity contribution is 0.286. The molecule has 36 heavy (non-hydrogen) atoms. The third-order valence-corrected chi connectivity index (χ3v) is 12.8. The van der Waals surface area contributed by atoms with Gasteiger partial charge < -0.3 is 0 Å². The maximum atomic E-state index is 2.69. The summed E-state index contributed by atoms with van der Waals surface area (Å²) >= 11 is 0. The molecule has 0 radical (unpaired) electrons. The van der Waals surface area contributed by atoms with E-state index < -0.39 is 16.0 Å². The molecule has 3 atom stereocenters. The van der Waals surface area contributed by atoms with Crippen LogP contribution in [0.2, 0.25) is 0 Å². The van der Waals surface area contributed by atoms with Crippen LogP contribution in [0.1, 0.15) is 19.8 Å². The highest BCUT2D eigenvalue weighted by Gasteiger charge is 2.37. The summed E-state index contributed by atoms with van der Waals surface area (Å²) in [5, 5.41) is 5.79. The fraction of sp³-hybridized carbons (Fsp3) is 0.212. The van der Waals surface area contributed by atoms with Crippen LogP contribution in [-0.4, -0.2) is 23.4 Å². The maximum Gasteiger partial charge on any atom is 0.0281 e. The van der Waals surface area contributed by atoms with E-state index in [1.807, 2.05) is 0 Å². The summed E-state index contributed by atoms with van der Waals surface area (Å²) in [5.41, 5.74) is 0.513. The molecule has 4 aromatic rings. The minimum Gasteiger partial charge on any atom is -0.275 e. The van der Waals surface area contributed by atoms with E-state index in [4.69, 9.17) is 0 Å². The average Bonchev–Trinajstić information content (AvgIpc) is 2.95.